The molecule has 5 heteroatoms. The molecule has 1 rings (SSSR count). The molecule has 1 aliphatic carbocycles. The fourth-order valence-corrected chi connectivity index (χ4v) is 2.36. The maximum absolute atomic E-state index is 11.6. The van der Waals surface area contributed by atoms with Gasteiger partial charge in [-0.05, 0) is 32.6 Å². The van der Waals surface area contributed by atoms with E-state index < -0.39 is 0 Å². The molecule has 0 aromatic heterocycles. The van der Waals surface area contributed by atoms with Gasteiger partial charge in [-0.25, -0.2) is 4.79 Å². The molecule has 98 valence electrons. The molecule has 2 amide bonds. The second-order valence-corrected chi connectivity index (χ2v) is 5.10. The first kappa shape index (κ1) is 13.8. The molecule has 1 aliphatic rings. The molecule has 1 fully saturated rings. The van der Waals surface area contributed by atoms with Gasteiger partial charge in [0.25, 0.3) is 0 Å². The molecular weight excluding hydrogens is 216 g/mol. The van der Waals surface area contributed by atoms with Gasteiger partial charge in [0.1, 0.15) is 5.84 Å². The zero-order chi connectivity index (χ0) is 12.8. The van der Waals surface area contributed by atoms with Crippen molar-refractivity contribution >= 4 is 11.9 Å². The summed E-state index contributed by atoms with van der Waals surface area (Å²) >= 11 is 0. The Morgan fingerprint density at radius 1 is 1.24 bits per heavy atom. The third-order valence-corrected chi connectivity index (χ3v) is 3.16. The maximum Gasteiger partial charge on any atom is 0.315 e. The zero-order valence-corrected chi connectivity index (χ0v) is 10.8. The Morgan fingerprint density at radius 3 is 2.29 bits per heavy atom. The van der Waals surface area contributed by atoms with Crippen molar-refractivity contribution in [1.29, 1.82) is 5.41 Å². The van der Waals surface area contributed by atoms with Crippen LogP contribution in [-0.4, -0.2) is 24.0 Å². The van der Waals surface area contributed by atoms with Crippen LogP contribution in [0.4, 0.5) is 4.79 Å². The summed E-state index contributed by atoms with van der Waals surface area (Å²) in [4.78, 5) is 11.6. The molecule has 17 heavy (non-hydrogen) atoms. The maximum atomic E-state index is 11.6. The van der Waals surface area contributed by atoms with Gasteiger partial charge in [0.05, 0.1) is 6.04 Å². The van der Waals surface area contributed by atoms with Crippen LogP contribution in [0.15, 0.2) is 0 Å². The summed E-state index contributed by atoms with van der Waals surface area (Å²) in [6, 6.07) is -0.450. The molecule has 0 saturated heterocycles. The van der Waals surface area contributed by atoms with Crippen molar-refractivity contribution in [3.8, 4) is 0 Å². The van der Waals surface area contributed by atoms with Gasteiger partial charge >= 0.3 is 6.03 Å². The summed E-state index contributed by atoms with van der Waals surface area (Å²) < 4.78 is 0. The van der Waals surface area contributed by atoms with E-state index in [1.165, 1.54) is 19.3 Å². The summed E-state index contributed by atoms with van der Waals surface area (Å²) in [6.45, 7) is 3.81. The number of carbonyl (C=O) groups excluding carboxylic acids is 1. The summed E-state index contributed by atoms with van der Waals surface area (Å²) in [5.74, 6) is 0.384. The number of hydrogen-bond donors (Lipinski definition) is 4. The number of hydrogen-bond acceptors (Lipinski definition) is 2. The smallest absolute Gasteiger partial charge is 0.315 e. The summed E-state index contributed by atoms with van der Waals surface area (Å²) in [6.07, 6.45) is 5.68. The van der Waals surface area contributed by atoms with Crippen LogP contribution in [0.5, 0.6) is 0 Å². The van der Waals surface area contributed by atoms with Crippen LogP contribution < -0.4 is 16.4 Å². The van der Waals surface area contributed by atoms with Gasteiger partial charge in [-0.3, -0.25) is 5.41 Å². The fraction of sp³-hybridized carbons (Fsp3) is 0.833. The number of nitrogens with one attached hydrogen (secondary N) is 3. The second-order valence-electron chi connectivity index (χ2n) is 5.10. The van der Waals surface area contributed by atoms with E-state index in [9.17, 15) is 4.79 Å². The van der Waals surface area contributed by atoms with Crippen LogP contribution in [0.3, 0.4) is 0 Å². The Kier molecular flexibility index (Phi) is 5.25. The summed E-state index contributed by atoms with van der Waals surface area (Å²) in [5, 5.41) is 13.2. The SMILES string of the molecule is CC(C)NC(=O)NC(C(=N)N)C1CCCCC1. The number of urea groups is 1. The van der Waals surface area contributed by atoms with E-state index >= 15 is 0 Å². The molecule has 0 aromatic carbocycles. The van der Waals surface area contributed by atoms with E-state index in [-0.39, 0.29) is 24.0 Å². The Hall–Kier alpha value is -1.26. The Balaban J connectivity index is 2.53. The van der Waals surface area contributed by atoms with E-state index in [0.29, 0.717) is 5.92 Å². The van der Waals surface area contributed by atoms with Gasteiger partial charge in [-0.2, -0.15) is 0 Å². The number of amidine groups is 1. The molecule has 5 nitrogen and oxygen atoms in total. The number of nitrogens with two attached hydrogens (primary N) is 1. The van der Waals surface area contributed by atoms with Crippen molar-refractivity contribution < 1.29 is 4.79 Å². The van der Waals surface area contributed by atoms with E-state index in [4.69, 9.17) is 11.1 Å². The Morgan fingerprint density at radius 2 is 1.82 bits per heavy atom. The third-order valence-electron chi connectivity index (χ3n) is 3.16. The average molecular weight is 240 g/mol. The first-order valence-electron chi connectivity index (χ1n) is 6.41. The fourth-order valence-electron chi connectivity index (χ4n) is 2.36. The second kappa shape index (κ2) is 6.47. The topological polar surface area (TPSA) is 91.0 Å². The molecule has 0 bridgehead atoms. The minimum absolute atomic E-state index is 0.0656. The zero-order valence-electron chi connectivity index (χ0n) is 10.8. The lowest BCUT2D eigenvalue weighted by molar-refractivity contribution is 0.229. The summed E-state index contributed by atoms with van der Waals surface area (Å²) in [5.41, 5.74) is 5.59. The van der Waals surface area contributed by atoms with Crippen LogP contribution in [-0.2, 0) is 0 Å². The lowest BCUT2D eigenvalue weighted by Crippen LogP contribution is -2.53. The largest absolute Gasteiger partial charge is 0.386 e. The van der Waals surface area contributed by atoms with Crippen LogP contribution in [0, 0.1) is 11.3 Å². The van der Waals surface area contributed by atoms with Crippen molar-refractivity contribution in [3.63, 3.8) is 0 Å². The van der Waals surface area contributed by atoms with E-state index in [1.807, 2.05) is 13.8 Å². The average Bonchev–Trinajstić information content (AvgIpc) is 2.25. The van der Waals surface area contributed by atoms with E-state index in [2.05, 4.69) is 10.6 Å². The van der Waals surface area contributed by atoms with Gasteiger partial charge in [0, 0.05) is 6.04 Å². The molecule has 0 spiro atoms. The molecule has 5 N–H and O–H groups in total. The normalized spacial score (nSPS) is 18.8. The van der Waals surface area contributed by atoms with Gasteiger partial charge in [0.2, 0.25) is 0 Å². The molecule has 0 heterocycles. The summed E-state index contributed by atoms with van der Waals surface area (Å²) in [7, 11) is 0. The number of carbonyl (C=O) groups is 1. The van der Waals surface area contributed by atoms with Crippen LogP contribution in [0.1, 0.15) is 46.0 Å². The number of rotatable bonds is 4. The highest BCUT2D eigenvalue weighted by Crippen LogP contribution is 2.26. The van der Waals surface area contributed by atoms with E-state index in [1.54, 1.807) is 0 Å². The third kappa shape index (κ3) is 4.63. The van der Waals surface area contributed by atoms with Gasteiger partial charge in [-0.15, -0.1) is 0 Å². The van der Waals surface area contributed by atoms with Crippen molar-refractivity contribution in [2.24, 2.45) is 11.7 Å². The molecule has 0 aliphatic heterocycles. The van der Waals surface area contributed by atoms with E-state index in [0.717, 1.165) is 12.8 Å². The van der Waals surface area contributed by atoms with Gasteiger partial charge in [-0.1, -0.05) is 19.3 Å². The molecular formula is C12H24N4O. The molecule has 0 radical (unpaired) electrons. The Labute approximate surface area is 103 Å². The van der Waals surface area contributed by atoms with Crippen LogP contribution in [0.25, 0.3) is 0 Å². The Bertz CT molecular complexity index is 272. The van der Waals surface area contributed by atoms with Crippen molar-refractivity contribution in [3.05, 3.63) is 0 Å². The lowest BCUT2D eigenvalue weighted by Gasteiger charge is -2.30. The standard InChI is InChI=1S/C12H24N4O/c1-8(2)15-12(17)16-10(11(13)14)9-6-4-3-5-7-9/h8-10H,3-7H2,1-2H3,(H3,13,14)(H2,15,16,17). The lowest BCUT2D eigenvalue weighted by atomic mass is 9.83. The minimum Gasteiger partial charge on any atom is -0.386 e. The predicted octanol–water partition coefficient (Wildman–Crippen LogP) is 1.58. The quantitative estimate of drug-likeness (QED) is 0.444. The minimum atomic E-state index is -0.311. The monoisotopic (exact) mass is 240 g/mol. The highest BCUT2D eigenvalue weighted by Gasteiger charge is 2.27. The van der Waals surface area contributed by atoms with Gasteiger partial charge < -0.3 is 16.4 Å². The highest BCUT2D eigenvalue weighted by atomic mass is 16.2. The molecule has 1 unspecified atom stereocenters. The first-order chi connectivity index (χ1) is 8.00. The van der Waals surface area contributed by atoms with Crippen molar-refractivity contribution in [2.45, 2.75) is 58.0 Å². The highest BCUT2D eigenvalue weighted by molar-refractivity contribution is 5.88. The van der Waals surface area contributed by atoms with Gasteiger partial charge in [0.15, 0.2) is 0 Å². The van der Waals surface area contributed by atoms with Crippen LogP contribution >= 0.6 is 0 Å². The molecule has 1 saturated carbocycles. The molecule has 0 aromatic rings. The van der Waals surface area contributed by atoms with Crippen LogP contribution in [0.2, 0.25) is 0 Å². The van der Waals surface area contributed by atoms with Crippen molar-refractivity contribution in [1.82, 2.24) is 10.6 Å². The predicted molar refractivity (Wildman–Crippen MR) is 69.1 cm³/mol. The number of amides is 2. The molecule has 1 atom stereocenters. The van der Waals surface area contributed by atoms with Crippen molar-refractivity contribution in [2.75, 3.05) is 0 Å². The first-order valence-corrected chi connectivity index (χ1v) is 6.41.